The molecule has 0 fully saturated rings. The Kier molecular flexibility index (Phi) is 3.17. The van der Waals surface area contributed by atoms with Crippen LogP contribution in [0, 0.1) is 13.8 Å². The fraction of sp³-hybridized carbons (Fsp3) is 0.250. The summed E-state index contributed by atoms with van der Waals surface area (Å²) in [6, 6.07) is 11.0. The molecule has 0 radical (unpaired) electrons. The summed E-state index contributed by atoms with van der Waals surface area (Å²) >= 11 is 0. The minimum Gasteiger partial charge on any atom is -0.399 e. The van der Waals surface area contributed by atoms with Crippen molar-refractivity contribution in [3.63, 3.8) is 0 Å². The van der Waals surface area contributed by atoms with E-state index in [-0.39, 0.29) is 0 Å². The van der Waals surface area contributed by atoms with E-state index in [2.05, 4.69) is 0 Å². The molecule has 0 aliphatic carbocycles. The molecule has 3 rings (SSSR count). The number of benzene rings is 2. The Hall–Kier alpha value is -2.01. The molecule has 110 valence electrons. The number of aryl methyl sites for hydroxylation is 1. The molecule has 4 nitrogen and oxygen atoms in total. The monoisotopic (exact) mass is 302 g/mol. The van der Waals surface area contributed by atoms with Gasteiger partial charge >= 0.3 is 0 Å². The van der Waals surface area contributed by atoms with Crippen LogP contribution in [0.1, 0.15) is 16.7 Å². The van der Waals surface area contributed by atoms with Gasteiger partial charge in [0.2, 0.25) is 0 Å². The summed E-state index contributed by atoms with van der Waals surface area (Å²) < 4.78 is 27.5. The normalized spacial score (nSPS) is 14.3. The van der Waals surface area contributed by atoms with Crippen molar-refractivity contribution in [2.45, 2.75) is 25.2 Å². The van der Waals surface area contributed by atoms with Gasteiger partial charge in [0, 0.05) is 12.2 Å². The Morgan fingerprint density at radius 1 is 1.14 bits per heavy atom. The Morgan fingerprint density at radius 3 is 2.62 bits per heavy atom. The van der Waals surface area contributed by atoms with Crippen LogP contribution >= 0.6 is 0 Å². The molecule has 0 spiro atoms. The number of nitrogen functional groups attached to an aromatic ring is 1. The average Bonchev–Trinajstić information content (AvgIpc) is 2.87. The molecule has 5 heteroatoms. The van der Waals surface area contributed by atoms with Crippen LogP contribution in [0.15, 0.2) is 41.3 Å². The van der Waals surface area contributed by atoms with Crippen molar-refractivity contribution in [3.8, 4) is 0 Å². The van der Waals surface area contributed by atoms with Crippen LogP contribution in [-0.2, 0) is 16.4 Å². The predicted octanol–water partition coefficient (Wildman–Crippen LogP) is 2.64. The van der Waals surface area contributed by atoms with Gasteiger partial charge in [-0.25, -0.2) is 8.42 Å². The molecule has 0 amide bonds. The minimum atomic E-state index is -3.57. The summed E-state index contributed by atoms with van der Waals surface area (Å²) in [7, 11) is -3.57. The molecule has 2 aromatic rings. The molecule has 2 N–H and O–H groups in total. The summed E-state index contributed by atoms with van der Waals surface area (Å²) in [5.74, 6) is 0. The molecule has 0 saturated carbocycles. The van der Waals surface area contributed by atoms with Crippen molar-refractivity contribution in [1.82, 2.24) is 0 Å². The zero-order chi connectivity index (χ0) is 15.2. The highest BCUT2D eigenvalue weighted by Crippen LogP contribution is 2.34. The molecule has 0 atom stereocenters. The smallest absolute Gasteiger partial charge is 0.264 e. The lowest BCUT2D eigenvalue weighted by Crippen LogP contribution is -2.29. The van der Waals surface area contributed by atoms with Crippen LogP contribution in [0.5, 0.6) is 0 Å². The van der Waals surface area contributed by atoms with Crippen LogP contribution < -0.4 is 10.0 Å². The summed E-state index contributed by atoms with van der Waals surface area (Å²) in [5, 5.41) is 0. The van der Waals surface area contributed by atoms with Crippen molar-refractivity contribution >= 4 is 21.4 Å². The third-order valence-electron chi connectivity index (χ3n) is 4.05. The molecule has 1 aliphatic rings. The number of nitrogens with zero attached hydrogens (tertiary/aromatic N) is 1. The first-order valence-electron chi connectivity index (χ1n) is 6.88. The first-order valence-corrected chi connectivity index (χ1v) is 8.32. The van der Waals surface area contributed by atoms with Gasteiger partial charge in [-0.2, -0.15) is 0 Å². The number of sulfonamides is 1. The third-order valence-corrected chi connectivity index (χ3v) is 5.99. The number of rotatable bonds is 2. The van der Waals surface area contributed by atoms with Crippen molar-refractivity contribution in [2.75, 3.05) is 16.6 Å². The molecule has 0 aromatic heterocycles. The lowest BCUT2D eigenvalue weighted by atomic mass is 10.1. The van der Waals surface area contributed by atoms with Crippen molar-refractivity contribution in [3.05, 3.63) is 53.1 Å². The average molecular weight is 302 g/mol. The van der Waals surface area contributed by atoms with E-state index in [9.17, 15) is 8.42 Å². The van der Waals surface area contributed by atoms with Gasteiger partial charge in [0.25, 0.3) is 10.0 Å². The van der Waals surface area contributed by atoms with E-state index in [0.29, 0.717) is 17.1 Å². The second-order valence-electron chi connectivity index (χ2n) is 5.42. The van der Waals surface area contributed by atoms with E-state index in [1.165, 1.54) is 4.31 Å². The second-order valence-corrected chi connectivity index (χ2v) is 7.25. The Morgan fingerprint density at radius 2 is 1.86 bits per heavy atom. The minimum absolute atomic E-state index is 0.303. The van der Waals surface area contributed by atoms with E-state index in [1.807, 2.05) is 38.1 Å². The Labute approximate surface area is 125 Å². The van der Waals surface area contributed by atoms with E-state index in [0.717, 1.165) is 28.8 Å². The van der Waals surface area contributed by atoms with E-state index in [1.54, 1.807) is 12.1 Å². The SMILES string of the molecule is Cc1cc(N)cc(S(=O)(=O)N2CCc3ccccc32)c1C. The second kappa shape index (κ2) is 4.77. The van der Waals surface area contributed by atoms with Gasteiger partial charge in [0.1, 0.15) is 0 Å². The number of anilines is 2. The van der Waals surface area contributed by atoms with Crippen LogP contribution in [0.4, 0.5) is 11.4 Å². The first kappa shape index (κ1) is 13.9. The van der Waals surface area contributed by atoms with Crippen LogP contribution in [0.25, 0.3) is 0 Å². The maximum Gasteiger partial charge on any atom is 0.264 e. The Balaban J connectivity index is 2.15. The molecule has 0 bridgehead atoms. The predicted molar refractivity (Wildman–Crippen MR) is 85.0 cm³/mol. The lowest BCUT2D eigenvalue weighted by molar-refractivity contribution is 0.591. The number of nitrogens with two attached hydrogens (primary N) is 1. The molecule has 1 aliphatic heterocycles. The molecule has 21 heavy (non-hydrogen) atoms. The molecular weight excluding hydrogens is 284 g/mol. The largest absolute Gasteiger partial charge is 0.399 e. The molecule has 1 heterocycles. The van der Waals surface area contributed by atoms with Gasteiger partial charge in [-0.3, -0.25) is 4.31 Å². The topological polar surface area (TPSA) is 63.4 Å². The van der Waals surface area contributed by atoms with Gasteiger partial charge in [0.05, 0.1) is 10.6 Å². The summed E-state index contributed by atoms with van der Waals surface area (Å²) in [5.41, 5.74) is 9.80. The van der Waals surface area contributed by atoms with Gasteiger partial charge in [-0.15, -0.1) is 0 Å². The fourth-order valence-electron chi connectivity index (χ4n) is 2.80. The molecule has 2 aromatic carbocycles. The maximum atomic E-state index is 13.0. The number of fused-ring (bicyclic) bond motifs is 1. The van der Waals surface area contributed by atoms with Crippen LogP contribution in [0.2, 0.25) is 0 Å². The molecule has 0 saturated heterocycles. The summed E-state index contributed by atoms with van der Waals surface area (Å²) in [6.07, 6.45) is 0.746. The lowest BCUT2D eigenvalue weighted by Gasteiger charge is -2.21. The highest BCUT2D eigenvalue weighted by molar-refractivity contribution is 7.93. The number of hydrogen-bond acceptors (Lipinski definition) is 3. The maximum absolute atomic E-state index is 13.0. The number of hydrogen-bond donors (Lipinski definition) is 1. The van der Waals surface area contributed by atoms with E-state index < -0.39 is 10.0 Å². The zero-order valence-corrected chi connectivity index (χ0v) is 12.9. The van der Waals surface area contributed by atoms with E-state index >= 15 is 0 Å². The summed E-state index contributed by atoms with van der Waals surface area (Å²) in [4.78, 5) is 0.303. The van der Waals surface area contributed by atoms with Crippen molar-refractivity contribution in [2.24, 2.45) is 0 Å². The van der Waals surface area contributed by atoms with Crippen molar-refractivity contribution < 1.29 is 8.42 Å². The van der Waals surface area contributed by atoms with Gasteiger partial charge < -0.3 is 5.73 Å². The number of para-hydroxylation sites is 1. The van der Waals surface area contributed by atoms with Gasteiger partial charge in [-0.05, 0) is 55.2 Å². The quantitative estimate of drug-likeness (QED) is 0.867. The highest BCUT2D eigenvalue weighted by atomic mass is 32.2. The van der Waals surface area contributed by atoms with E-state index in [4.69, 9.17) is 5.73 Å². The molecule has 0 unspecified atom stereocenters. The molecular formula is C16H18N2O2S. The highest BCUT2D eigenvalue weighted by Gasteiger charge is 2.32. The van der Waals surface area contributed by atoms with Crippen LogP contribution in [0.3, 0.4) is 0 Å². The standard InChI is InChI=1S/C16H18N2O2S/c1-11-9-14(17)10-16(12(11)2)21(19,20)18-8-7-13-5-3-4-6-15(13)18/h3-6,9-10H,7-8,17H2,1-2H3. The fourth-order valence-corrected chi connectivity index (χ4v) is 4.64. The van der Waals surface area contributed by atoms with Crippen molar-refractivity contribution in [1.29, 1.82) is 0 Å². The van der Waals surface area contributed by atoms with Gasteiger partial charge in [0.15, 0.2) is 0 Å². The Bertz CT molecular complexity index is 813. The first-order chi connectivity index (χ1) is 9.91. The zero-order valence-electron chi connectivity index (χ0n) is 12.1. The van der Waals surface area contributed by atoms with Gasteiger partial charge in [-0.1, -0.05) is 18.2 Å². The van der Waals surface area contributed by atoms with Crippen LogP contribution in [-0.4, -0.2) is 15.0 Å². The summed E-state index contributed by atoms with van der Waals surface area (Å²) in [6.45, 7) is 4.18. The third kappa shape index (κ3) is 2.17.